The third kappa shape index (κ3) is 8.44. The summed E-state index contributed by atoms with van der Waals surface area (Å²) in [5.74, 6) is 0.531. The van der Waals surface area contributed by atoms with E-state index in [2.05, 4.69) is 19.2 Å². The zero-order valence-corrected chi connectivity index (χ0v) is 14.8. The molecule has 0 aromatic carbocycles. The molecule has 0 saturated carbocycles. The maximum Gasteiger partial charge on any atom is 0.225 e. The van der Waals surface area contributed by atoms with Crippen molar-refractivity contribution in [2.45, 2.75) is 52.7 Å². The fourth-order valence-electron chi connectivity index (χ4n) is 2.59. The van der Waals surface area contributed by atoms with Crippen molar-refractivity contribution in [3.05, 3.63) is 0 Å². The van der Waals surface area contributed by atoms with Crippen molar-refractivity contribution in [3.8, 4) is 0 Å². The first kappa shape index (κ1) is 20.1. The molecule has 0 bridgehead atoms. The topological polar surface area (TPSA) is 77.2 Å². The van der Waals surface area contributed by atoms with Gasteiger partial charge in [0, 0.05) is 18.4 Å². The Kier molecular flexibility index (Phi) is 8.73. The molecule has 1 saturated heterocycles. The Balaban J connectivity index is 2.20. The second kappa shape index (κ2) is 10.0. The smallest absolute Gasteiger partial charge is 0.225 e. The number of rotatable bonds is 13. The second-order valence-corrected chi connectivity index (χ2v) is 7.05. The van der Waals surface area contributed by atoms with E-state index in [0.717, 1.165) is 12.7 Å². The van der Waals surface area contributed by atoms with Crippen LogP contribution in [0.25, 0.3) is 0 Å². The van der Waals surface area contributed by atoms with Crippen LogP contribution >= 0.6 is 0 Å². The summed E-state index contributed by atoms with van der Waals surface area (Å²) >= 11 is 0. The lowest BCUT2D eigenvalue weighted by Crippen LogP contribution is -2.40. The molecule has 1 heterocycles. The molecule has 0 spiro atoms. The number of carbonyl (C=O) groups is 2. The number of hydrogen-bond acceptors (Lipinski definition) is 5. The number of nitrogens with one attached hydrogen (secondary N) is 1. The second-order valence-electron chi connectivity index (χ2n) is 7.05. The summed E-state index contributed by atoms with van der Waals surface area (Å²) in [5, 5.41) is 2.93. The van der Waals surface area contributed by atoms with Crippen molar-refractivity contribution in [1.29, 1.82) is 0 Å². The van der Waals surface area contributed by atoms with Crippen LogP contribution in [0.4, 0.5) is 0 Å². The molecule has 0 aromatic rings. The molecule has 1 aliphatic rings. The Morgan fingerprint density at radius 3 is 2.65 bits per heavy atom. The zero-order valence-electron chi connectivity index (χ0n) is 14.8. The molecule has 23 heavy (non-hydrogen) atoms. The molecule has 1 rings (SSSR count). The monoisotopic (exact) mass is 329 g/mol. The highest BCUT2D eigenvalue weighted by Gasteiger charge is 2.34. The van der Waals surface area contributed by atoms with E-state index in [1.165, 1.54) is 0 Å². The van der Waals surface area contributed by atoms with Crippen LogP contribution in [0.2, 0.25) is 0 Å². The van der Waals surface area contributed by atoms with Crippen molar-refractivity contribution in [2.24, 2.45) is 11.3 Å². The lowest BCUT2D eigenvalue weighted by Gasteiger charge is -2.25. The van der Waals surface area contributed by atoms with E-state index in [1.54, 1.807) is 0 Å². The molecule has 0 aromatic heterocycles. The molecule has 6 heteroatoms. The van der Waals surface area contributed by atoms with Gasteiger partial charge >= 0.3 is 0 Å². The van der Waals surface area contributed by atoms with Crippen molar-refractivity contribution in [1.82, 2.24) is 5.32 Å². The Hall–Kier alpha value is -0.980. The fourth-order valence-corrected chi connectivity index (χ4v) is 2.59. The minimum atomic E-state index is -0.370. The summed E-state index contributed by atoms with van der Waals surface area (Å²) in [5.41, 5.74) is -0.370. The molecular weight excluding hydrogens is 298 g/mol. The average molecular weight is 329 g/mol. The number of aldehydes is 1. The SMILES string of the molecule is CC(C)CC(C)(C)C(=O)NCCOC(COCCC=O)C1CO1. The molecule has 1 fully saturated rings. The van der Waals surface area contributed by atoms with Gasteiger partial charge in [0.05, 0.1) is 26.4 Å². The Bertz CT molecular complexity index is 366. The van der Waals surface area contributed by atoms with Gasteiger partial charge in [0.2, 0.25) is 5.91 Å². The Labute approximate surface area is 139 Å². The summed E-state index contributed by atoms with van der Waals surface area (Å²) in [4.78, 5) is 22.4. The van der Waals surface area contributed by atoms with E-state index in [9.17, 15) is 9.59 Å². The van der Waals surface area contributed by atoms with Crippen molar-refractivity contribution in [2.75, 3.05) is 33.0 Å². The summed E-state index contributed by atoms with van der Waals surface area (Å²) in [6.07, 6.45) is 2.00. The van der Waals surface area contributed by atoms with Crippen LogP contribution in [0, 0.1) is 11.3 Å². The third-order valence-electron chi connectivity index (χ3n) is 3.69. The van der Waals surface area contributed by atoms with E-state index < -0.39 is 0 Å². The average Bonchev–Trinajstić information content (AvgIpc) is 3.28. The van der Waals surface area contributed by atoms with Gasteiger partial charge in [-0.25, -0.2) is 0 Å². The van der Waals surface area contributed by atoms with E-state index in [1.807, 2.05) is 13.8 Å². The van der Waals surface area contributed by atoms with Crippen molar-refractivity contribution >= 4 is 12.2 Å². The highest BCUT2D eigenvalue weighted by atomic mass is 16.6. The molecule has 0 aliphatic carbocycles. The van der Waals surface area contributed by atoms with Crippen LogP contribution in [0.3, 0.4) is 0 Å². The largest absolute Gasteiger partial charge is 0.378 e. The first-order chi connectivity index (χ1) is 10.9. The summed E-state index contributed by atoms with van der Waals surface area (Å²) in [7, 11) is 0. The highest BCUT2D eigenvalue weighted by molar-refractivity contribution is 5.81. The van der Waals surface area contributed by atoms with Gasteiger partial charge in [0.25, 0.3) is 0 Å². The molecule has 1 amide bonds. The van der Waals surface area contributed by atoms with E-state index in [0.29, 0.717) is 45.3 Å². The normalized spacial score (nSPS) is 18.7. The van der Waals surface area contributed by atoms with Gasteiger partial charge in [-0.2, -0.15) is 0 Å². The van der Waals surface area contributed by atoms with Crippen molar-refractivity contribution in [3.63, 3.8) is 0 Å². The Morgan fingerprint density at radius 2 is 2.09 bits per heavy atom. The maximum absolute atomic E-state index is 12.2. The quantitative estimate of drug-likeness (QED) is 0.315. The first-order valence-corrected chi connectivity index (χ1v) is 8.39. The minimum Gasteiger partial charge on any atom is -0.378 e. The molecule has 2 atom stereocenters. The molecule has 6 nitrogen and oxygen atoms in total. The predicted molar refractivity (Wildman–Crippen MR) is 87.2 cm³/mol. The molecule has 1 aliphatic heterocycles. The maximum atomic E-state index is 12.2. The minimum absolute atomic E-state index is 0.0521. The standard InChI is InChI=1S/C17H31NO5/c1-13(2)10-17(3,4)16(20)18-6-9-22-14(15-12-23-15)11-21-8-5-7-19/h7,13-15H,5-6,8-12H2,1-4H3,(H,18,20). The van der Waals surface area contributed by atoms with E-state index in [4.69, 9.17) is 14.2 Å². The van der Waals surface area contributed by atoms with Gasteiger partial charge in [-0.05, 0) is 12.3 Å². The first-order valence-electron chi connectivity index (χ1n) is 8.39. The Morgan fingerprint density at radius 1 is 1.39 bits per heavy atom. The number of amides is 1. The fraction of sp³-hybridized carbons (Fsp3) is 0.882. The molecule has 0 radical (unpaired) electrons. The van der Waals surface area contributed by atoms with Gasteiger partial charge < -0.3 is 24.3 Å². The lowest BCUT2D eigenvalue weighted by atomic mass is 9.83. The van der Waals surface area contributed by atoms with Crippen LogP contribution in [0.15, 0.2) is 0 Å². The van der Waals surface area contributed by atoms with Gasteiger partial charge in [-0.1, -0.05) is 27.7 Å². The molecular formula is C17H31NO5. The van der Waals surface area contributed by atoms with Gasteiger partial charge in [0.1, 0.15) is 18.5 Å². The van der Waals surface area contributed by atoms with Crippen LogP contribution in [-0.4, -0.2) is 57.4 Å². The van der Waals surface area contributed by atoms with E-state index >= 15 is 0 Å². The zero-order chi connectivity index (χ0) is 17.3. The number of carbonyl (C=O) groups excluding carboxylic acids is 2. The lowest BCUT2D eigenvalue weighted by molar-refractivity contribution is -0.130. The van der Waals surface area contributed by atoms with E-state index in [-0.39, 0.29) is 23.5 Å². The number of hydrogen-bond donors (Lipinski definition) is 1. The number of epoxide rings is 1. The van der Waals surface area contributed by atoms with Crippen LogP contribution in [0.1, 0.15) is 40.5 Å². The molecule has 2 unspecified atom stereocenters. The summed E-state index contributed by atoms with van der Waals surface area (Å²) < 4.78 is 16.4. The van der Waals surface area contributed by atoms with Crippen LogP contribution in [-0.2, 0) is 23.8 Å². The van der Waals surface area contributed by atoms with Crippen LogP contribution in [0.5, 0.6) is 0 Å². The van der Waals surface area contributed by atoms with Gasteiger partial charge in [-0.3, -0.25) is 4.79 Å². The highest BCUT2D eigenvalue weighted by Crippen LogP contribution is 2.25. The number of ether oxygens (including phenoxy) is 3. The van der Waals surface area contributed by atoms with Crippen LogP contribution < -0.4 is 5.32 Å². The molecule has 1 N–H and O–H groups in total. The predicted octanol–water partition coefficient (Wildman–Crippen LogP) is 1.56. The van der Waals surface area contributed by atoms with Crippen molar-refractivity contribution < 1.29 is 23.8 Å². The third-order valence-corrected chi connectivity index (χ3v) is 3.69. The molecule has 134 valence electrons. The summed E-state index contributed by atoms with van der Waals surface area (Å²) in [6.45, 7) is 10.5. The van der Waals surface area contributed by atoms with Gasteiger partial charge in [0.15, 0.2) is 0 Å². The van der Waals surface area contributed by atoms with Gasteiger partial charge in [-0.15, -0.1) is 0 Å². The summed E-state index contributed by atoms with van der Waals surface area (Å²) in [6, 6.07) is 0.